The van der Waals surface area contributed by atoms with Crippen molar-refractivity contribution in [3.8, 4) is 0 Å². The molecule has 0 atom stereocenters. The van der Waals surface area contributed by atoms with E-state index < -0.39 is 0 Å². The molecule has 1 aromatic heterocycles. The average Bonchev–Trinajstić information content (AvgIpc) is 1.98. The maximum absolute atomic E-state index is 10.7. The Hall–Kier alpha value is -0.840. The third-order valence-corrected chi connectivity index (χ3v) is 1.91. The summed E-state index contributed by atoms with van der Waals surface area (Å²) in [7, 11) is 3.02. The molecule has 0 saturated carbocycles. The Labute approximate surface area is 55.1 Å². The number of rotatable bonds is 0. The summed E-state index contributed by atoms with van der Waals surface area (Å²) in [6.07, 6.45) is 0. The number of nitrogens with zero attached hydrogens (tertiary/aromatic N) is 2. The number of aryl methyl sites for hydroxylation is 1. The smallest absolute Gasteiger partial charge is 0.255 e. The molecule has 0 bridgehead atoms. The molecule has 0 fully saturated rings. The third kappa shape index (κ3) is 0.829. The van der Waals surface area contributed by atoms with Crippen molar-refractivity contribution >= 4 is 11.5 Å². The van der Waals surface area contributed by atoms with E-state index in [0.29, 0.717) is 0 Å². The molecule has 1 heterocycles. The van der Waals surface area contributed by atoms with E-state index in [1.165, 1.54) is 11.0 Å². The minimum atomic E-state index is -0.259. The maximum atomic E-state index is 10.7. The van der Waals surface area contributed by atoms with Crippen molar-refractivity contribution in [1.29, 1.82) is 0 Å². The Morgan fingerprint density at radius 3 is 2.00 bits per heavy atom. The Morgan fingerprint density at radius 2 is 1.89 bits per heavy atom. The van der Waals surface area contributed by atoms with Gasteiger partial charge in [-0.25, -0.2) is 8.75 Å². The summed E-state index contributed by atoms with van der Waals surface area (Å²) in [4.78, 5) is 21.1. The van der Waals surface area contributed by atoms with E-state index in [1.54, 1.807) is 7.05 Å². The molecule has 1 aromatic rings. The molecule has 0 spiro atoms. The van der Waals surface area contributed by atoms with E-state index in [9.17, 15) is 9.59 Å². The van der Waals surface area contributed by atoms with Gasteiger partial charge in [0.1, 0.15) is 0 Å². The number of hydrogen-bond acceptors (Lipinski definition) is 3. The predicted octanol–water partition coefficient (Wildman–Crippen LogP) is -0.855. The first-order chi connectivity index (χ1) is 4.13. The standard InChI is InChI=1S/C4H6N2O2S/c1-5-3(7)6(2)9-4(5)8/h1-2H3. The largest absolute Gasteiger partial charge is 0.340 e. The summed E-state index contributed by atoms with van der Waals surface area (Å²) in [6, 6.07) is 0. The van der Waals surface area contributed by atoms with Gasteiger partial charge in [0.15, 0.2) is 0 Å². The predicted molar refractivity (Wildman–Crippen MR) is 34.8 cm³/mol. The molecule has 0 aliphatic rings. The Balaban J connectivity index is 3.68. The van der Waals surface area contributed by atoms with Gasteiger partial charge in [0.25, 0.3) is 0 Å². The van der Waals surface area contributed by atoms with Gasteiger partial charge in [0.05, 0.1) is 0 Å². The molecule has 0 radical (unpaired) electrons. The average molecular weight is 146 g/mol. The van der Waals surface area contributed by atoms with E-state index in [4.69, 9.17) is 0 Å². The highest BCUT2D eigenvalue weighted by Crippen LogP contribution is 1.75. The van der Waals surface area contributed by atoms with Crippen LogP contribution in [0.15, 0.2) is 9.59 Å². The zero-order valence-electron chi connectivity index (χ0n) is 5.12. The summed E-state index contributed by atoms with van der Waals surface area (Å²) in [5.41, 5.74) is -0.259. The minimum absolute atomic E-state index is 0.220. The molecule has 5 heteroatoms. The Morgan fingerprint density at radius 1 is 1.33 bits per heavy atom. The quantitative estimate of drug-likeness (QED) is 0.478. The van der Waals surface area contributed by atoms with Crippen LogP contribution in [0.25, 0.3) is 0 Å². The van der Waals surface area contributed by atoms with Gasteiger partial charge in [-0.05, 0) is 0 Å². The third-order valence-electron chi connectivity index (χ3n) is 1.05. The topological polar surface area (TPSA) is 44.0 Å². The van der Waals surface area contributed by atoms with Crippen LogP contribution in [0.4, 0.5) is 0 Å². The fraction of sp³-hybridized carbons (Fsp3) is 0.500. The summed E-state index contributed by atoms with van der Waals surface area (Å²) in [5, 5.41) is 0. The van der Waals surface area contributed by atoms with Crippen LogP contribution in [-0.2, 0) is 14.1 Å². The normalized spacial score (nSPS) is 10.0. The van der Waals surface area contributed by atoms with Crippen LogP contribution in [0.5, 0.6) is 0 Å². The highest BCUT2D eigenvalue weighted by Gasteiger charge is 1.99. The Kier molecular flexibility index (Phi) is 1.28. The fourth-order valence-electron chi connectivity index (χ4n) is 0.507. The van der Waals surface area contributed by atoms with Crippen molar-refractivity contribution in [3.05, 3.63) is 20.2 Å². The molecular weight excluding hydrogens is 140 g/mol. The molecule has 9 heavy (non-hydrogen) atoms. The summed E-state index contributed by atoms with van der Waals surface area (Å²) in [6.45, 7) is 0. The van der Waals surface area contributed by atoms with E-state index in [0.717, 1.165) is 16.1 Å². The highest BCUT2D eigenvalue weighted by atomic mass is 32.1. The highest BCUT2D eigenvalue weighted by molar-refractivity contribution is 7.03. The van der Waals surface area contributed by atoms with Gasteiger partial charge in [0, 0.05) is 25.6 Å². The van der Waals surface area contributed by atoms with Crippen LogP contribution < -0.4 is 10.6 Å². The summed E-state index contributed by atoms with van der Waals surface area (Å²) >= 11 is 0.907. The van der Waals surface area contributed by atoms with Gasteiger partial charge < -0.3 is 0 Å². The molecule has 0 unspecified atom stereocenters. The zero-order valence-corrected chi connectivity index (χ0v) is 5.94. The van der Waals surface area contributed by atoms with Crippen LogP contribution in [0.1, 0.15) is 0 Å². The van der Waals surface area contributed by atoms with E-state index in [1.807, 2.05) is 0 Å². The monoisotopic (exact) mass is 146 g/mol. The first-order valence-corrected chi connectivity index (χ1v) is 3.13. The van der Waals surface area contributed by atoms with Gasteiger partial charge in [-0.2, -0.15) is 0 Å². The van der Waals surface area contributed by atoms with Crippen LogP contribution >= 0.6 is 11.5 Å². The first kappa shape index (κ1) is 6.28. The summed E-state index contributed by atoms with van der Waals surface area (Å²) < 4.78 is 2.37. The second kappa shape index (κ2) is 1.84. The molecule has 0 aliphatic heterocycles. The lowest BCUT2D eigenvalue weighted by molar-refractivity contribution is 0.775. The van der Waals surface area contributed by atoms with Gasteiger partial charge in [-0.1, -0.05) is 0 Å². The van der Waals surface area contributed by atoms with Crippen LogP contribution in [0.3, 0.4) is 0 Å². The fourth-order valence-corrected chi connectivity index (χ4v) is 1.14. The lowest BCUT2D eigenvalue weighted by Gasteiger charge is -1.79. The molecule has 4 nitrogen and oxygen atoms in total. The van der Waals surface area contributed by atoms with Gasteiger partial charge >= 0.3 is 10.6 Å². The van der Waals surface area contributed by atoms with E-state index in [2.05, 4.69) is 0 Å². The SMILES string of the molecule is Cn1sc(=O)n(C)c1=O. The lowest BCUT2D eigenvalue weighted by Crippen LogP contribution is -2.24. The van der Waals surface area contributed by atoms with Crippen molar-refractivity contribution in [3.63, 3.8) is 0 Å². The van der Waals surface area contributed by atoms with Crippen molar-refractivity contribution in [2.75, 3.05) is 0 Å². The van der Waals surface area contributed by atoms with Crippen molar-refractivity contribution in [1.82, 2.24) is 8.52 Å². The van der Waals surface area contributed by atoms with Crippen molar-refractivity contribution in [2.24, 2.45) is 14.1 Å². The second-order valence-electron chi connectivity index (χ2n) is 1.70. The van der Waals surface area contributed by atoms with E-state index in [-0.39, 0.29) is 10.6 Å². The van der Waals surface area contributed by atoms with Crippen molar-refractivity contribution in [2.45, 2.75) is 0 Å². The second-order valence-corrected chi connectivity index (χ2v) is 2.78. The molecule has 0 aromatic carbocycles. The van der Waals surface area contributed by atoms with Gasteiger partial charge in [0.2, 0.25) is 0 Å². The van der Waals surface area contributed by atoms with Crippen LogP contribution in [-0.4, -0.2) is 8.52 Å². The minimum Gasteiger partial charge on any atom is -0.255 e. The Bertz CT molecular complexity index is 318. The molecule has 0 amide bonds. The number of aromatic nitrogens is 2. The number of hydrogen-bond donors (Lipinski definition) is 0. The van der Waals surface area contributed by atoms with Gasteiger partial charge in [-0.15, -0.1) is 0 Å². The van der Waals surface area contributed by atoms with Crippen LogP contribution in [0.2, 0.25) is 0 Å². The molecule has 0 aliphatic carbocycles. The molecule has 0 N–H and O–H groups in total. The van der Waals surface area contributed by atoms with Crippen LogP contribution in [0, 0.1) is 0 Å². The first-order valence-electron chi connectivity index (χ1n) is 2.36. The molecule has 1 rings (SSSR count). The molecule has 0 saturated heterocycles. The van der Waals surface area contributed by atoms with Gasteiger partial charge in [-0.3, -0.25) is 9.36 Å². The zero-order chi connectivity index (χ0) is 7.02. The van der Waals surface area contributed by atoms with E-state index >= 15 is 0 Å². The molecule has 50 valence electrons. The summed E-state index contributed by atoms with van der Waals surface area (Å²) in [5.74, 6) is 0. The molecular formula is C4H6N2O2S. The lowest BCUT2D eigenvalue weighted by atomic mass is 11.0. The maximum Gasteiger partial charge on any atom is 0.340 e. The van der Waals surface area contributed by atoms with Crippen molar-refractivity contribution < 1.29 is 0 Å².